The van der Waals surface area contributed by atoms with E-state index in [2.05, 4.69) is 21.2 Å². The van der Waals surface area contributed by atoms with Crippen molar-refractivity contribution in [3.05, 3.63) is 24.3 Å². The number of alkyl halides is 1. The Morgan fingerprint density at radius 1 is 1.05 bits per heavy atom. The summed E-state index contributed by atoms with van der Waals surface area (Å²) in [4.78, 5) is 11.1. The molecule has 1 N–H and O–H groups in total. The van der Waals surface area contributed by atoms with E-state index in [4.69, 9.17) is 4.74 Å². The van der Waals surface area contributed by atoms with E-state index in [1.807, 2.05) is 24.3 Å². The molecular formula is C17H26BrNO2. The Labute approximate surface area is 136 Å². The van der Waals surface area contributed by atoms with Crippen LogP contribution in [-0.4, -0.2) is 17.8 Å². The molecular weight excluding hydrogens is 330 g/mol. The minimum atomic E-state index is -0.0745. The van der Waals surface area contributed by atoms with Crippen LogP contribution in [0.4, 0.5) is 5.69 Å². The van der Waals surface area contributed by atoms with Gasteiger partial charge in [-0.1, -0.05) is 60.2 Å². The van der Waals surface area contributed by atoms with E-state index in [0.717, 1.165) is 23.2 Å². The molecule has 0 heterocycles. The highest BCUT2D eigenvalue weighted by molar-refractivity contribution is 9.09. The second kappa shape index (κ2) is 11.6. The number of rotatable bonds is 11. The third-order valence-corrected chi connectivity index (χ3v) is 3.79. The van der Waals surface area contributed by atoms with Crippen molar-refractivity contribution in [1.82, 2.24) is 0 Å². The van der Waals surface area contributed by atoms with Crippen LogP contribution in [0.25, 0.3) is 0 Å². The molecule has 118 valence electrons. The average Bonchev–Trinajstić information content (AvgIpc) is 2.46. The topological polar surface area (TPSA) is 38.3 Å². The molecule has 1 aromatic rings. The van der Waals surface area contributed by atoms with Crippen molar-refractivity contribution in [1.29, 1.82) is 0 Å². The first-order chi connectivity index (χ1) is 10.2. The van der Waals surface area contributed by atoms with Gasteiger partial charge in [0.15, 0.2) is 0 Å². The van der Waals surface area contributed by atoms with Crippen molar-refractivity contribution in [2.45, 2.75) is 51.9 Å². The van der Waals surface area contributed by atoms with E-state index >= 15 is 0 Å². The van der Waals surface area contributed by atoms with E-state index in [-0.39, 0.29) is 5.91 Å². The summed E-state index contributed by atoms with van der Waals surface area (Å²) in [5.41, 5.74) is 0.750. The van der Waals surface area contributed by atoms with Crippen molar-refractivity contribution in [2.24, 2.45) is 0 Å². The van der Waals surface area contributed by atoms with Crippen molar-refractivity contribution in [2.75, 3.05) is 17.3 Å². The lowest BCUT2D eigenvalue weighted by molar-refractivity contribution is -0.114. The first-order valence-corrected chi connectivity index (χ1v) is 8.91. The van der Waals surface area contributed by atoms with Crippen LogP contribution in [0, 0.1) is 0 Å². The summed E-state index contributed by atoms with van der Waals surface area (Å²) in [5, 5.41) is 3.91. The number of anilines is 1. The summed E-state index contributed by atoms with van der Waals surface area (Å²) in [6, 6.07) is 7.57. The number of para-hydroxylation sites is 2. The molecule has 0 saturated heterocycles. The third kappa shape index (κ3) is 8.76. The number of hydrogen-bond acceptors (Lipinski definition) is 2. The molecule has 0 saturated carbocycles. The zero-order valence-electron chi connectivity index (χ0n) is 12.9. The van der Waals surface area contributed by atoms with Crippen LogP contribution in [0.3, 0.4) is 0 Å². The lowest BCUT2D eigenvalue weighted by Crippen LogP contribution is -2.08. The quantitative estimate of drug-likeness (QED) is 0.440. The molecule has 0 spiro atoms. The van der Waals surface area contributed by atoms with Crippen LogP contribution in [0.5, 0.6) is 5.75 Å². The highest BCUT2D eigenvalue weighted by atomic mass is 79.9. The molecule has 0 aliphatic carbocycles. The Kier molecular flexibility index (Phi) is 9.96. The van der Waals surface area contributed by atoms with Crippen molar-refractivity contribution < 1.29 is 9.53 Å². The molecule has 3 nitrogen and oxygen atoms in total. The number of nitrogens with one attached hydrogen (secondary N) is 1. The molecule has 0 aliphatic heterocycles. The van der Waals surface area contributed by atoms with E-state index in [1.165, 1.54) is 45.4 Å². The van der Waals surface area contributed by atoms with Crippen LogP contribution >= 0.6 is 15.9 Å². The second-order valence-corrected chi connectivity index (χ2v) is 5.98. The fourth-order valence-corrected chi connectivity index (χ4v) is 2.54. The molecule has 0 bridgehead atoms. The van der Waals surface area contributed by atoms with Crippen LogP contribution in [0.15, 0.2) is 24.3 Å². The first-order valence-electron chi connectivity index (χ1n) is 7.79. The summed E-state index contributed by atoms with van der Waals surface area (Å²) < 4.78 is 5.76. The number of benzene rings is 1. The van der Waals surface area contributed by atoms with Gasteiger partial charge in [0.1, 0.15) is 5.75 Å². The minimum absolute atomic E-state index is 0.0745. The minimum Gasteiger partial charge on any atom is -0.491 e. The Morgan fingerprint density at radius 2 is 1.67 bits per heavy atom. The Balaban J connectivity index is 2.14. The van der Waals surface area contributed by atoms with E-state index in [0.29, 0.717) is 6.61 Å². The maximum Gasteiger partial charge on any atom is 0.221 e. The lowest BCUT2D eigenvalue weighted by Gasteiger charge is -2.11. The smallest absolute Gasteiger partial charge is 0.221 e. The predicted molar refractivity (Wildman–Crippen MR) is 92.4 cm³/mol. The Morgan fingerprint density at radius 3 is 2.33 bits per heavy atom. The van der Waals surface area contributed by atoms with E-state index in [1.54, 1.807) is 0 Å². The van der Waals surface area contributed by atoms with Gasteiger partial charge in [0.25, 0.3) is 0 Å². The lowest BCUT2D eigenvalue weighted by atomic mass is 10.1. The van der Waals surface area contributed by atoms with Gasteiger partial charge in [-0.05, 0) is 25.0 Å². The molecule has 0 atom stereocenters. The molecule has 1 rings (SSSR count). The Bertz CT molecular complexity index is 410. The standard InChI is InChI=1S/C17H26BrNO2/c1-15(20)19-16-11-7-8-12-17(16)21-14-10-6-4-2-3-5-9-13-18/h7-8,11-12H,2-6,9-10,13-14H2,1H3,(H,19,20). The van der Waals surface area contributed by atoms with Crippen molar-refractivity contribution in [3.63, 3.8) is 0 Å². The van der Waals surface area contributed by atoms with Gasteiger partial charge < -0.3 is 10.1 Å². The van der Waals surface area contributed by atoms with E-state index < -0.39 is 0 Å². The van der Waals surface area contributed by atoms with Crippen molar-refractivity contribution in [3.8, 4) is 5.75 Å². The van der Waals surface area contributed by atoms with Gasteiger partial charge in [0, 0.05) is 12.3 Å². The molecule has 1 aromatic carbocycles. The molecule has 0 radical (unpaired) electrons. The highest BCUT2D eigenvalue weighted by Gasteiger charge is 2.03. The second-order valence-electron chi connectivity index (χ2n) is 5.19. The summed E-state index contributed by atoms with van der Waals surface area (Å²) in [6.45, 7) is 2.21. The summed E-state index contributed by atoms with van der Waals surface area (Å²) in [6.07, 6.45) is 8.80. The highest BCUT2D eigenvalue weighted by Crippen LogP contribution is 2.23. The SMILES string of the molecule is CC(=O)Nc1ccccc1OCCCCCCCCCBr. The van der Waals surface area contributed by atoms with Gasteiger partial charge in [-0.2, -0.15) is 0 Å². The fourth-order valence-electron chi connectivity index (χ4n) is 2.15. The third-order valence-electron chi connectivity index (χ3n) is 3.23. The number of carbonyl (C=O) groups excluding carboxylic acids is 1. The summed E-state index contributed by atoms with van der Waals surface area (Å²) >= 11 is 3.45. The molecule has 0 fully saturated rings. The largest absolute Gasteiger partial charge is 0.491 e. The van der Waals surface area contributed by atoms with E-state index in [9.17, 15) is 4.79 Å². The summed E-state index contributed by atoms with van der Waals surface area (Å²) in [5.74, 6) is 0.680. The van der Waals surface area contributed by atoms with Gasteiger partial charge in [-0.25, -0.2) is 0 Å². The van der Waals surface area contributed by atoms with Gasteiger partial charge in [-0.15, -0.1) is 0 Å². The fraction of sp³-hybridized carbons (Fsp3) is 0.588. The van der Waals surface area contributed by atoms with Crippen LogP contribution < -0.4 is 10.1 Å². The zero-order chi connectivity index (χ0) is 15.3. The molecule has 0 unspecified atom stereocenters. The number of halogens is 1. The zero-order valence-corrected chi connectivity index (χ0v) is 14.5. The maximum atomic E-state index is 11.1. The number of hydrogen-bond donors (Lipinski definition) is 1. The normalized spacial score (nSPS) is 10.4. The predicted octanol–water partition coefficient (Wildman–Crippen LogP) is 5.15. The summed E-state index contributed by atoms with van der Waals surface area (Å²) in [7, 11) is 0. The van der Waals surface area contributed by atoms with Crippen LogP contribution in [-0.2, 0) is 4.79 Å². The van der Waals surface area contributed by atoms with Gasteiger partial charge in [0.05, 0.1) is 12.3 Å². The van der Waals surface area contributed by atoms with Crippen molar-refractivity contribution >= 4 is 27.5 Å². The van der Waals surface area contributed by atoms with Crippen LogP contribution in [0.2, 0.25) is 0 Å². The molecule has 0 aliphatic rings. The number of unbranched alkanes of at least 4 members (excludes halogenated alkanes) is 6. The monoisotopic (exact) mass is 355 g/mol. The molecule has 21 heavy (non-hydrogen) atoms. The number of ether oxygens (including phenoxy) is 1. The number of amides is 1. The first kappa shape index (κ1) is 18.0. The maximum absolute atomic E-state index is 11.1. The molecule has 0 aromatic heterocycles. The van der Waals surface area contributed by atoms with Gasteiger partial charge in [0.2, 0.25) is 5.91 Å². The average molecular weight is 356 g/mol. The molecule has 1 amide bonds. The van der Waals surface area contributed by atoms with Gasteiger partial charge in [-0.3, -0.25) is 4.79 Å². The van der Waals surface area contributed by atoms with Gasteiger partial charge >= 0.3 is 0 Å². The Hall–Kier alpha value is -1.03. The molecule has 4 heteroatoms. The number of carbonyl (C=O) groups is 1. The van der Waals surface area contributed by atoms with Crippen LogP contribution in [0.1, 0.15) is 51.9 Å².